The van der Waals surface area contributed by atoms with Crippen molar-refractivity contribution in [3.8, 4) is 34.0 Å². The van der Waals surface area contributed by atoms with Gasteiger partial charge in [-0.3, -0.25) is 19.7 Å². The van der Waals surface area contributed by atoms with Crippen LogP contribution in [0.1, 0.15) is 0 Å². The van der Waals surface area contributed by atoms with Gasteiger partial charge in [-0.05, 0) is 23.6 Å². The molecule has 0 aliphatic heterocycles. The Hall–Kier alpha value is -3.85. The van der Waals surface area contributed by atoms with Crippen molar-refractivity contribution >= 4 is 33.3 Å². The van der Waals surface area contributed by atoms with Crippen molar-refractivity contribution in [3.63, 3.8) is 0 Å². The molecule has 0 aliphatic carbocycles. The number of H-pyrrole nitrogens is 2. The van der Waals surface area contributed by atoms with Crippen LogP contribution in [0.3, 0.4) is 0 Å². The lowest BCUT2D eigenvalue weighted by molar-refractivity contribution is 0.768. The summed E-state index contributed by atoms with van der Waals surface area (Å²) in [7, 11) is 1.89. The standard InChI is InChI=1S/C20H14N8S/c1-28-9-12(7-23-28)15-6-13-16(8-22-15)26-27-18(13)20-24-14-2-4-21-17(19(14)25-20)11-3-5-29-10-11/h2-10H,1H3,(H,24,25)(H,26,27). The second kappa shape index (κ2) is 6.08. The molecule has 0 aromatic carbocycles. The van der Waals surface area contributed by atoms with E-state index < -0.39 is 0 Å². The number of thiophene rings is 1. The first-order chi connectivity index (χ1) is 14.3. The van der Waals surface area contributed by atoms with Gasteiger partial charge < -0.3 is 4.98 Å². The van der Waals surface area contributed by atoms with Gasteiger partial charge in [-0.25, -0.2) is 4.98 Å². The molecular formula is C20H14N8S. The lowest BCUT2D eigenvalue weighted by Gasteiger charge is -1.98. The average molecular weight is 398 g/mol. The van der Waals surface area contributed by atoms with Crippen molar-refractivity contribution in [3.05, 3.63) is 53.7 Å². The second-order valence-electron chi connectivity index (χ2n) is 6.74. The molecule has 2 N–H and O–H groups in total. The van der Waals surface area contributed by atoms with E-state index in [0.717, 1.165) is 50.1 Å². The van der Waals surface area contributed by atoms with Gasteiger partial charge >= 0.3 is 0 Å². The van der Waals surface area contributed by atoms with Crippen molar-refractivity contribution < 1.29 is 0 Å². The van der Waals surface area contributed by atoms with Crippen LogP contribution in [-0.2, 0) is 7.05 Å². The molecule has 0 fully saturated rings. The van der Waals surface area contributed by atoms with E-state index in [1.54, 1.807) is 34.6 Å². The topological polar surface area (TPSA) is 101 Å². The van der Waals surface area contributed by atoms with Crippen molar-refractivity contribution in [2.24, 2.45) is 7.05 Å². The quantitative estimate of drug-likeness (QED) is 0.469. The third kappa shape index (κ3) is 2.55. The van der Waals surface area contributed by atoms with E-state index in [1.807, 2.05) is 30.8 Å². The first kappa shape index (κ1) is 16.1. The van der Waals surface area contributed by atoms with Crippen LogP contribution in [0.15, 0.2) is 53.7 Å². The highest BCUT2D eigenvalue weighted by molar-refractivity contribution is 7.08. The van der Waals surface area contributed by atoms with Gasteiger partial charge in [0.25, 0.3) is 0 Å². The van der Waals surface area contributed by atoms with Crippen LogP contribution >= 0.6 is 11.3 Å². The molecule has 0 aliphatic rings. The summed E-state index contributed by atoms with van der Waals surface area (Å²) in [4.78, 5) is 17.3. The number of rotatable bonds is 3. The Kier molecular flexibility index (Phi) is 3.38. The third-order valence-corrected chi connectivity index (χ3v) is 5.55. The fourth-order valence-electron chi connectivity index (χ4n) is 3.47. The number of imidazole rings is 1. The number of nitrogens with one attached hydrogen (secondary N) is 2. The lowest BCUT2D eigenvalue weighted by Crippen LogP contribution is -1.85. The molecule has 0 radical (unpaired) electrons. The first-order valence-electron chi connectivity index (χ1n) is 8.97. The zero-order valence-electron chi connectivity index (χ0n) is 15.3. The fourth-order valence-corrected chi connectivity index (χ4v) is 4.11. The number of nitrogens with zero attached hydrogens (tertiary/aromatic N) is 6. The highest BCUT2D eigenvalue weighted by Crippen LogP contribution is 2.31. The molecule has 29 heavy (non-hydrogen) atoms. The Labute approximate surface area is 168 Å². The summed E-state index contributed by atoms with van der Waals surface area (Å²) in [5.41, 5.74) is 7.08. The summed E-state index contributed by atoms with van der Waals surface area (Å²) in [5.74, 6) is 0.694. The monoisotopic (exact) mass is 398 g/mol. The largest absolute Gasteiger partial charge is 0.336 e. The molecular weight excluding hydrogens is 384 g/mol. The maximum atomic E-state index is 4.83. The minimum atomic E-state index is 0.694. The molecule has 6 aromatic rings. The first-order valence-corrected chi connectivity index (χ1v) is 9.91. The highest BCUT2D eigenvalue weighted by Gasteiger charge is 2.17. The maximum Gasteiger partial charge on any atom is 0.159 e. The van der Waals surface area contributed by atoms with E-state index >= 15 is 0 Å². The van der Waals surface area contributed by atoms with Gasteiger partial charge in [0.2, 0.25) is 0 Å². The predicted octanol–water partition coefficient (Wildman–Crippen LogP) is 4.03. The van der Waals surface area contributed by atoms with Gasteiger partial charge in [0.15, 0.2) is 5.82 Å². The zero-order chi connectivity index (χ0) is 19.4. The smallest absolute Gasteiger partial charge is 0.159 e. The SMILES string of the molecule is Cn1cc(-c2cc3c(-c4nc5c(-c6ccsc6)nccc5[nH]4)n[nH]c3cn2)cn1. The van der Waals surface area contributed by atoms with E-state index in [4.69, 9.17) is 4.98 Å². The van der Waals surface area contributed by atoms with Gasteiger partial charge in [-0.2, -0.15) is 21.5 Å². The van der Waals surface area contributed by atoms with E-state index in [-0.39, 0.29) is 0 Å². The van der Waals surface area contributed by atoms with Crippen LogP contribution in [0.2, 0.25) is 0 Å². The highest BCUT2D eigenvalue weighted by atomic mass is 32.1. The molecule has 6 aromatic heterocycles. The van der Waals surface area contributed by atoms with Crippen molar-refractivity contribution in [1.29, 1.82) is 0 Å². The number of aromatic nitrogens is 8. The fraction of sp³-hybridized carbons (Fsp3) is 0.0500. The third-order valence-electron chi connectivity index (χ3n) is 4.87. The van der Waals surface area contributed by atoms with Gasteiger partial charge in [-0.1, -0.05) is 0 Å². The molecule has 140 valence electrons. The minimum absolute atomic E-state index is 0.694. The number of aromatic amines is 2. The van der Waals surface area contributed by atoms with E-state index in [2.05, 4.69) is 41.7 Å². The van der Waals surface area contributed by atoms with Crippen LogP contribution in [0.4, 0.5) is 0 Å². The number of hydrogen-bond acceptors (Lipinski definition) is 6. The van der Waals surface area contributed by atoms with E-state index in [0.29, 0.717) is 5.82 Å². The molecule has 6 rings (SSSR count). The predicted molar refractivity (Wildman–Crippen MR) is 112 cm³/mol. The molecule has 6 heterocycles. The Morgan fingerprint density at radius 2 is 2.00 bits per heavy atom. The zero-order valence-corrected chi connectivity index (χ0v) is 16.1. The minimum Gasteiger partial charge on any atom is -0.336 e. The summed E-state index contributed by atoms with van der Waals surface area (Å²) in [6.45, 7) is 0. The summed E-state index contributed by atoms with van der Waals surface area (Å²) in [6.07, 6.45) is 7.32. The molecule has 0 bridgehead atoms. The average Bonchev–Trinajstić information content (AvgIpc) is 3.51. The number of pyridine rings is 2. The molecule has 0 saturated carbocycles. The molecule has 8 nitrogen and oxygen atoms in total. The van der Waals surface area contributed by atoms with Crippen molar-refractivity contribution in [2.45, 2.75) is 0 Å². The lowest BCUT2D eigenvalue weighted by atomic mass is 10.1. The molecule has 0 saturated heterocycles. The van der Waals surface area contributed by atoms with E-state index in [1.165, 1.54) is 0 Å². The van der Waals surface area contributed by atoms with Crippen LogP contribution in [0.25, 0.3) is 56.0 Å². The Morgan fingerprint density at radius 3 is 2.83 bits per heavy atom. The summed E-state index contributed by atoms with van der Waals surface area (Å²) >= 11 is 1.64. The molecule has 0 atom stereocenters. The van der Waals surface area contributed by atoms with Crippen LogP contribution in [0.5, 0.6) is 0 Å². The molecule has 0 spiro atoms. The Morgan fingerprint density at radius 1 is 1.03 bits per heavy atom. The number of aryl methyl sites for hydroxylation is 1. The van der Waals surface area contributed by atoms with Gasteiger partial charge in [-0.15, -0.1) is 0 Å². The molecule has 0 amide bonds. The van der Waals surface area contributed by atoms with E-state index in [9.17, 15) is 0 Å². The summed E-state index contributed by atoms with van der Waals surface area (Å²) in [6, 6.07) is 5.99. The maximum absolute atomic E-state index is 4.83. The second-order valence-corrected chi connectivity index (χ2v) is 7.52. The number of fused-ring (bicyclic) bond motifs is 2. The Bertz CT molecular complexity index is 1470. The number of hydrogen-bond donors (Lipinski definition) is 2. The van der Waals surface area contributed by atoms with Gasteiger partial charge in [0.1, 0.15) is 11.2 Å². The molecule has 9 heteroatoms. The van der Waals surface area contributed by atoms with Crippen molar-refractivity contribution in [1.82, 2.24) is 39.9 Å². The summed E-state index contributed by atoms with van der Waals surface area (Å²) < 4.78 is 1.76. The van der Waals surface area contributed by atoms with Crippen LogP contribution in [0, 0.1) is 0 Å². The van der Waals surface area contributed by atoms with Crippen LogP contribution in [-0.4, -0.2) is 39.9 Å². The normalized spacial score (nSPS) is 11.6. The summed E-state index contributed by atoms with van der Waals surface area (Å²) in [5, 5.41) is 16.8. The van der Waals surface area contributed by atoms with Crippen molar-refractivity contribution in [2.75, 3.05) is 0 Å². The molecule has 0 unspecified atom stereocenters. The van der Waals surface area contributed by atoms with Gasteiger partial charge in [0.05, 0.1) is 34.8 Å². The van der Waals surface area contributed by atoms with Crippen LogP contribution < -0.4 is 0 Å². The van der Waals surface area contributed by atoms with Gasteiger partial charge in [0, 0.05) is 41.3 Å². The Balaban J connectivity index is 1.53.